The van der Waals surface area contributed by atoms with Crippen molar-refractivity contribution in [3.63, 3.8) is 0 Å². The van der Waals surface area contributed by atoms with Gasteiger partial charge in [-0.05, 0) is 48.3 Å². The first-order valence-electron chi connectivity index (χ1n) is 13.1. The Labute approximate surface area is 223 Å². The summed E-state index contributed by atoms with van der Waals surface area (Å²) in [6.07, 6.45) is 2.39. The predicted octanol–water partition coefficient (Wildman–Crippen LogP) is 3.79. The van der Waals surface area contributed by atoms with Crippen LogP contribution in [0.2, 0.25) is 0 Å². The average Bonchev–Trinajstić information content (AvgIpc) is 3.63. The third-order valence-corrected chi connectivity index (χ3v) is 7.57. The maximum atomic E-state index is 5.71. The first-order chi connectivity index (χ1) is 18.2. The van der Waals surface area contributed by atoms with Gasteiger partial charge in [0.25, 0.3) is 0 Å². The number of anilines is 4. The van der Waals surface area contributed by atoms with E-state index in [9.17, 15) is 0 Å². The van der Waals surface area contributed by atoms with Crippen LogP contribution in [0.5, 0.6) is 0 Å². The minimum atomic E-state index is 0.214. The lowest BCUT2D eigenvalue weighted by atomic mass is 10.1. The van der Waals surface area contributed by atoms with Crippen molar-refractivity contribution in [3.8, 4) is 0 Å². The molecular formula is C28H33N7OS. The summed E-state index contributed by atoms with van der Waals surface area (Å²) >= 11 is 5.58. The van der Waals surface area contributed by atoms with Crippen molar-refractivity contribution in [3.05, 3.63) is 71.8 Å². The first-order valence-corrected chi connectivity index (χ1v) is 13.5. The van der Waals surface area contributed by atoms with E-state index in [1.54, 1.807) is 0 Å². The van der Waals surface area contributed by atoms with Crippen LogP contribution in [-0.2, 0) is 17.8 Å². The Hall–Kier alpha value is -3.43. The molecule has 4 heterocycles. The third-order valence-electron chi connectivity index (χ3n) is 7.33. The molecule has 6 rings (SSSR count). The van der Waals surface area contributed by atoms with Gasteiger partial charge in [-0.15, -0.1) is 0 Å². The zero-order chi connectivity index (χ0) is 25.0. The van der Waals surface area contributed by atoms with Crippen LogP contribution in [-0.4, -0.2) is 60.5 Å². The van der Waals surface area contributed by atoms with Gasteiger partial charge in [-0.3, -0.25) is 0 Å². The van der Waals surface area contributed by atoms with E-state index < -0.39 is 0 Å². The number of rotatable bonds is 6. The predicted molar refractivity (Wildman–Crippen MR) is 152 cm³/mol. The van der Waals surface area contributed by atoms with Crippen molar-refractivity contribution in [2.24, 2.45) is 0 Å². The Bertz CT molecular complexity index is 1200. The number of thiocarbonyl (C=S) groups is 1. The van der Waals surface area contributed by atoms with Gasteiger partial charge < -0.3 is 30.1 Å². The normalized spacial score (nSPS) is 19.1. The van der Waals surface area contributed by atoms with E-state index in [0.717, 1.165) is 70.4 Å². The Kier molecular flexibility index (Phi) is 7.05. The van der Waals surface area contributed by atoms with Crippen molar-refractivity contribution < 1.29 is 4.74 Å². The number of aromatic nitrogens is 2. The maximum Gasteiger partial charge on any atom is 0.232 e. The number of hydrogen-bond acceptors (Lipinski definition) is 7. The van der Waals surface area contributed by atoms with E-state index in [1.165, 1.54) is 16.8 Å². The molecule has 1 aromatic heterocycles. The minimum absolute atomic E-state index is 0.214. The lowest BCUT2D eigenvalue weighted by molar-refractivity contribution is 0.114. The van der Waals surface area contributed by atoms with E-state index in [2.05, 4.69) is 86.0 Å². The van der Waals surface area contributed by atoms with Crippen LogP contribution in [0.25, 0.3) is 0 Å². The fraction of sp³-hybridized carbons (Fsp3) is 0.393. The van der Waals surface area contributed by atoms with Crippen LogP contribution in [0.3, 0.4) is 0 Å². The van der Waals surface area contributed by atoms with Gasteiger partial charge in [0.15, 0.2) is 5.11 Å². The molecule has 0 aliphatic carbocycles. The van der Waals surface area contributed by atoms with Crippen LogP contribution in [0.1, 0.15) is 24.0 Å². The number of piperazine rings is 1. The van der Waals surface area contributed by atoms with Crippen molar-refractivity contribution >= 4 is 40.6 Å². The molecule has 2 N–H and O–H groups in total. The number of fused-ring (bicyclic) bond motifs is 1. The van der Waals surface area contributed by atoms with Crippen molar-refractivity contribution in [1.82, 2.24) is 15.3 Å². The number of nitrogens with one attached hydrogen (secondary N) is 2. The average molecular weight is 516 g/mol. The van der Waals surface area contributed by atoms with E-state index in [1.807, 2.05) is 0 Å². The minimum Gasteiger partial charge on any atom is -0.376 e. The molecule has 0 spiro atoms. The fourth-order valence-electron chi connectivity index (χ4n) is 5.29. The lowest BCUT2D eigenvalue weighted by Crippen LogP contribution is -2.47. The first kappa shape index (κ1) is 23.9. The standard InChI is InChI=1S/C28H33N7OS/c37-28(29-18-24-11-6-16-36-24)32-27-30-25(34-14-12-33(13-15-34)23-9-2-1-3-10-23)17-26(31-27)35-19-21-7-4-5-8-22(21)20-35/h1-5,7-10,17,24H,6,11-16,18-20H2,(H2,29,30,31,32,37)/t24-/m0/s1. The summed E-state index contributed by atoms with van der Waals surface area (Å²) in [6, 6.07) is 21.3. The molecule has 1 atom stereocenters. The number of benzene rings is 2. The second-order valence-corrected chi connectivity index (χ2v) is 10.2. The SMILES string of the molecule is S=C(NC[C@@H]1CCCO1)Nc1nc(N2CCN(c3ccccc3)CC2)cc(N2Cc3ccccc3C2)n1. The zero-order valence-electron chi connectivity index (χ0n) is 21.0. The molecule has 9 heteroatoms. The smallest absolute Gasteiger partial charge is 0.232 e. The molecule has 37 heavy (non-hydrogen) atoms. The second kappa shape index (κ2) is 10.9. The molecule has 2 fully saturated rings. The second-order valence-electron chi connectivity index (χ2n) is 9.81. The van der Waals surface area contributed by atoms with Gasteiger partial charge in [-0.1, -0.05) is 42.5 Å². The fourth-order valence-corrected chi connectivity index (χ4v) is 5.46. The number of hydrogen-bond donors (Lipinski definition) is 2. The Morgan fingerprint density at radius 1 is 0.865 bits per heavy atom. The van der Waals surface area contributed by atoms with Crippen LogP contribution in [0.15, 0.2) is 60.7 Å². The lowest BCUT2D eigenvalue weighted by Gasteiger charge is -2.37. The van der Waals surface area contributed by atoms with Gasteiger partial charge in [0.05, 0.1) is 6.10 Å². The largest absolute Gasteiger partial charge is 0.376 e. The zero-order valence-corrected chi connectivity index (χ0v) is 21.8. The summed E-state index contributed by atoms with van der Waals surface area (Å²) in [5.41, 5.74) is 3.97. The van der Waals surface area contributed by atoms with Gasteiger partial charge >= 0.3 is 0 Å². The number of para-hydroxylation sites is 1. The summed E-state index contributed by atoms with van der Waals surface area (Å²) in [4.78, 5) is 16.9. The number of ether oxygens (including phenoxy) is 1. The van der Waals surface area contributed by atoms with Gasteiger partial charge in [-0.25, -0.2) is 0 Å². The van der Waals surface area contributed by atoms with E-state index in [0.29, 0.717) is 17.6 Å². The monoisotopic (exact) mass is 515 g/mol. The van der Waals surface area contributed by atoms with Crippen molar-refractivity contribution in [2.75, 3.05) is 59.3 Å². The summed E-state index contributed by atoms with van der Waals surface area (Å²) in [5, 5.41) is 7.05. The van der Waals surface area contributed by atoms with Crippen molar-refractivity contribution in [1.29, 1.82) is 0 Å². The van der Waals surface area contributed by atoms with Gasteiger partial charge in [0, 0.05) is 64.2 Å². The highest BCUT2D eigenvalue weighted by atomic mass is 32.1. The summed E-state index contributed by atoms with van der Waals surface area (Å²) in [6.45, 7) is 6.90. The molecule has 0 unspecified atom stereocenters. The molecule has 0 saturated carbocycles. The summed E-state index contributed by atoms with van der Waals surface area (Å²) < 4.78 is 5.71. The molecule has 3 aromatic rings. The molecule has 0 amide bonds. The molecule has 3 aliphatic rings. The molecule has 0 radical (unpaired) electrons. The Morgan fingerprint density at radius 3 is 2.19 bits per heavy atom. The van der Waals surface area contributed by atoms with E-state index in [-0.39, 0.29) is 6.10 Å². The quantitative estimate of drug-likeness (QED) is 0.477. The van der Waals surface area contributed by atoms with Crippen LogP contribution >= 0.6 is 12.2 Å². The highest BCUT2D eigenvalue weighted by Crippen LogP contribution is 2.30. The van der Waals surface area contributed by atoms with Crippen LogP contribution in [0.4, 0.5) is 23.3 Å². The number of nitrogens with zero attached hydrogens (tertiary/aromatic N) is 5. The van der Waals surface area contributed by atoms with Crippen LogP contribution in [0, 0.1) is 0 Å². The molecule has 0 bridgehead atoms. The van der Waals surface area contributed by atoms with E-state index in [4.69, 9.17) is 26.9 Å². The van der Waals surface area contributed by atoms with E-state index >= 15 is 0 Å². The molecule has 3 aliphatic heterocycles. The highest BCUT2D eigenvalue weighted by molar-refractivity contribution is 7.80. The molecule has 8 nitrogen and oxygen atoms in total. The van der Waals surface area contributed by atoms with Crippen LogP contribution < -0.4 is 25.3 Å². The Morgan fingerprint density at radius 2 is 1.51 bits per heavy atom. The topological polar surface area (TPSA) is 68.8 Å². The van der Waals surface area contributed by atoms with Gasteiger partial charge in [0.1, 0.15) is 11.6 Å². The summed E-state index contributed by atoms with van der Waals surface area (Å²) in [5.74, 6) is 2.37. The highest BCUT2D eigenvalue weighted by Gasteiger charge is 2.24. The molecule has 192 valence electrons. The molecule has 2 saturated heterocycles. The van der Waals surface area contributed by atoms with Gasteiger partial charge in [0.2, 0.25) is 5.95 Å². The molecule has 2 aromatic carbocycles. The maximum absolute atomic E-state index is 5.71. The third kappa shape index (κ3) is 5.62. The van der Waals surface area contributed by atoms with Crippen molar-refractivity contribution in [2.45, 2.75) is 32.0 Å². The van der Waals surface area contributed by atoms with Gasteiger partial charge in [-0.2, -0.15) is 9.97 Å². The molecular weight excluding hydrogens is 482 g/mol. The Balaban J connectivity index is 1.19. The summed E-state index contributed by atoms with van der Waals surface area (Å²) in [7, 11) is 0.